The van der Waals surface area contributed by atoms with Crippen molar-refractivity contribution in [3.8, 4) is 0 Å². The van der Waals surface area contributed by atoms with Crippen LogP contribution in [0.5, 0.6) is 0 Å². The van der Waals surface area contributed by atoms with Crippen LogP contribution in [0.4, 0.5) is 0 Å². The molecule has 2 N–H and O–H groups in total. The van der Waals surface area contributed by atoms with Crippen molar-refractivity contribution in [1.82, 2.24) is 5.32 Å². The number of rotatable bonds is 9. The van der Waals surface area contributed by atoms with Crippen LogP contribution in [-0.2, 0) is 9.59 Å². The normalized spacial score (nSPS) is 14.3. The third kappa shape index (κ3) is 6.62. The Morgan fingerprint density at radius 1 is 1.22 bits per heavy atom. The number of amides is 1. The summed E-state index contributed by atoms with van der Waals surface area (Å²) in [5.41, 5.74) is 0. The molecule has 2 atom stereocenters. The Bertz CT molecular complexity index is 264. The standard InChI is InChI=1S/C14H27NO3/c1-5-7-8-11(6-2)9-12(16)15-13(10(3)4)14(17)18/h10-11,13H,5-9H2,1-4H3,(H,15,16)(H,17,18)/t11?,13-/m0/s1. The summed E-state index contributed by atoms with van der Waals surface area (Å²) in [6.45, 7) is 7.80. The highest BCUT2D eigenvalue weighted by molar-refractivity contribution is 5.83. The van der Waals surface area contributed by atoms with E-state index in [1.165, 1.54) is 0 Å². The average Bonchev–Trinajstić information content (AvgIpc) is 2.30. The Morgan fingerprint density at radius 2 is 1.83 bits per heavy atom. The average molecular weight is 257 g/mol. The van der Waals surface area contributed by atoms with Gasteiger partial charge in [0.15, 0.2) is 0 Å². The lowest BCUT2D eigenvalue weighted by Crippen LogP contribution is -2.44. The van der Waals surface area contributed by atoms with Gasteiger partial charge in [-0.2, -0.15) is 0 Å². The number of nitrogens with one attached hydrogen (secondary N) is 1. The fourth-order valence-electron chi connectivity index (χ4n) is 1.95. The molecule has 0 fully saturated rings. The molecule has 4 heteroatoms. The van der Waals surface area contributed by atoms with Gasteiger partial charge in [0.05, 0.1) is 0 Å². The van der Waals surface area contributed by atoms with Crippen LogP contribution in [0.25, 0.3) is 0 Å². The van der Waals surface area contributed by atoms with E-state index in [1.807, 2.05) is 0 Å². The molecular formula is C14H27NO3. The Balaban J connectivity index is 4.25. The van der Waals surface area contributed by atoms with Crippen LogP contribution in [0.1, 0.15) is 59.8 Å². The van der Waals surface area contributed by atoms with Crippen molar-refractivity contribution < 1.29 is 14.7 Å². The fraction of sp³-hybridized carbons (Fsp3) is 0.857. The second-order valence-electron chi connectivity index (χ2n) is 5.25. The molecular weight excluding hydrogens is 230 g/mol. The van der Waals surface area contributed by atoms with Crippen LogP contribution in [-0.4, -0.2) is 23.0 Å². The third-order valence-corrected chi connectivity index (χ3v) is 3.27. The summed E-state index contributed by atoms with van der Waals surface area (Å²) in [5.74, 6) is -0.826. The second kappa shape index (κ2) is 8.95. The van der Waals surface area contributed by atoms with Gasteiger partial charge in [0.25, 0.3) is 0 Å². The smallest absolute Gasteiger partial charge is 0.326 e. The summed E-state index contributed by atoms with van der Waals surface area (Å²) in [6.07, 6.45) is 4.69. The predicted molar refractivity (Wildman–Crippen MR) is 72.3 cm³/mol. The van der Waals surface area contributed by atoms with Gasteiger partial charge in [-0.05, 0) is 18.3 Å². The highest BCUT2D eigenvalue weighted by atomic mass is 16.4. The maximum Gasteiger partial charge on any atom is 0.326 e. The van der Waals surface area contributed by atoms with Gasteiger partial charge in [-0.1, -0.05) is 47.0 Å². The lowest BCUT2D eigenvalue weighted by molar-refractivity contribution is -0.143. The lowest BCUT2D eigenvalue weighted by Gasteiger charge is -2.20. The molecule has 0 aromatic carbocycles. The van der Waals surface area contributed by atoms with Crippen molar-refractivity contribution in [1.29, 1.82) is 0 Å². The first-order valence-electron chi connectivity index (χ1n) is 6.94. The molecule has 0 saturated carbocycles. The topological polar surface area (TPSA) is 66.4 Å². The zero-order valence-electron chi connectivity index (χ0n) is 12.0. The minimum absolute atomic E-state index is 0.0952. The van der Waals surface area contributed by atoms with Crippen molar-refractivity contribution >= 4 is 11.9 Å². The number of aliphatic carboxylic acids is 1. The molecule has 0 heterocycles. The highest BCUT2D eigenvalue weighted by Crippen LogP contribution is 2.16. The molecule has 0 aliphatic carbocycles. The van der Waals surface area contributed by atoms with E-state index in [2.05, 4.69) is 19.2 Å². The molecule has 106 valence electrons. The molecule has 1 amide bonds. The van der Waals surface area contributed by atoms with Crippen molar-refractivity contribution in [2.75, 3.05) is 0 Å². The van der Waals surface area contributed by atoms with E-state index in [0.717, 1.165) is 25.7 Å². The summed E-state index contributed by atoms with van der Waals surface area (Å²) < 4.78 is 0. The molecule has 0 aromatic heterocycles. The number of carboxylic acid groups (broad SMARTS) is 1. The Morgan fingerprint density at radius 3 is 2.22 bits per heavy atom. The zero-order chi connectivity index (χ0) is 14.1. The summed E-state index contributed by atoms with van der Waals surface area (Å²) in [6, 6.07) is -0.777. The first kappa shape index (κ1) is 16.9. The van der Waals surface area contributed by atoms with Crippen LogP contribution in [0.3, 0.4) is 0 Å². The van der Waals surface area contributed by atoms with Gasteiger partial charge < -0.3 is 10.4 Å². The molecule has 0 spiro atoms. The number of hydrogen-bond acceptors (Lipinski definition) is 2. The van der Waals surface area contributed by atoms with E-state index < -0.39 is 12.0 Å². The molecule has 0 aliphatic rings. The predicted octanol–water partition coefficient (Wildman–Crippen LogP) is 2.82. The number of unbranched alkanes of at least 4 members (excludes halogenated alkanes) is 1. The minimum atomic E-state index is -0.958. The van der Waals surface area contributed by atoms with E-state index in [-0.39, 0.29) is 11.8 Å². The monoisotopic (exact) mass is 257 g/mol. The van der Waals surface area contributed by atoms with Gasteiger partial charge in [-0.25, -0.2) is 4.79 Å². The fourth-order valence-corrected chi connectivity index (χ4v) is 1.95. The highest BCUT2D eigenvalue weighted by Gasteiger charge is 2.24. The van der Waals surface area contributed by atoms with Gasteiger partial charge in [0.1, 0.15) is 6.04 Å². The van der Waals surface area contributed by atoms with Crippen molar-refractivity contribution in [2.24, 2.45) is 11.8 Å². The zero-order valence-corrected chi connectivity index (χ0v) is 12.0. The summed E-state index contributed by atoms with van der Waals surface area (Å²) in [4.78, 5) is 22.8. The maximum atomic E-state index is 11.8. The summed E-state index contributed by atoms with van der Waals surface area (Å²) >= 11 is 0. The maximum absolute atomic E-state index is 11.8. The Labute approximate surface area is 110 Å². The Kier molecular flexibility index (Phi) is 8.42. The molecule has 0 aromatic rings. The van der Waals surface area contributed by atoms with Crippen LogP contribution >= 0.6 is 0 Å². The van der Waals surface area contributed by atoms with E-state index in [0.29, 0.717) is 12.3 Å². The molecule has 4 nitrogen and oxygen atoms in total. The van der Waals surface area contributed by atoms with E-state index >= 15 is 0 Å². The van der Waals surface area contributed by atoms with E-state index in [9.17, 15) is 9.59 Å². The van der Waals surface area contributed by atoms with Gasteiger partial charge in [-0.3, -0.25) is 4.79 Å². The third-order valence-electron chi connectivity index (χ3n) is 3.27. The molecule has 1 unspecified atom stereocenters. The molecule has 18 heavy (non-hydrogen) atoms. The molecule has 0 aliphatic heterocycles. The number of carbonyl (C=O) groups excluding carboxylic acids is 1. The van der Waals surface area contributed by atoms with Gasteiger partial charge in [-0.15, -0.1) is 0 Å². The van der Waals surface area contributed by atoms with E-state index in [4.69, 9.17) is 5.11 Å². The van der Waals surface area contributed by atoms with Crippen LogP contribution < -0.4 is 5.32 Å². The van der Waals surface area contributed by atoms with Gasteiger partial charge >= 0.3 is 5.97 Å². The number of carbonyl (C=O) groups is 2. The molecule has 0 saturated heterocycles. The minimum Gasteiger partial charge on any atom is -0.480 e. The quantitative estimate of drug-likeness (QED) is 0.667. The summed E-state index contributed by atoms with van der Waals surface area (Å²) in [5, 5.41) is 11.6. The molecule has 0 rings (SSSR count). The molecule has 0 bridgehead atoms. The summed E-state index contributed by atoms with van der Waals surface area (Å²) in [7, 11) is 0. The van der Waals surface area contributed by atoms with E-state index in [1.54, 1.807) is 13.8 Å². The van der Waals surface area contributed by atoms with Crippen LogP contribution in [0, 0.1) is 11.8 Å². The number of hydrogen-bond donors (Lipinski definition) is 2. The van der Waals surface area contributed by atoms with Crippen LogP contribution in [0.2, 0.25) is 0 Å². The second-order valence-corrected chi connectivity index (χ2v) is 5.25. The van der Waals surface area contributed by atoms with Gasteiger partial charge in [0, 0.05) is 6.42 Å². The first-order chi connectivity index (χ1) is 8.42. The first-order valence-corrected chi connectivity index (χ1v) is 6.94. The SMILES string of the molecule is CCCCC(CC)CC(=O)N[C@H](C(=O)O)C(C)C. The molecule has 0 radical (unpaired) electrons. The largest absolute Gasteiger partial charge is 0.480 e. The van der Waals surface area contributed by atoms with Crippen molar-refractivity contribution in [3.05, 3.63) is 0 Å². The lowest BCUT2D eigenvalue weighted by atomic mass is 9.95. The van der Waals surface area contributed by atoms with Crippen molar-refractivity contribution in [3.63, 3.8) is 0 Å². The van der Waals surface area contributed by atoms with Crippen molar-refractivity contribution in [2.45, 2.75) is 65.8 Å². The Hall–Kier alpha value is -1.06. The van der Waals surface area contributed by atoms with Gasteiger partial charge in [0.2, 0.25) is 5.91 Å². The van der Waals surface area contributed by atoms with Crippen LogP contribution in [0.15, 0.2) is 0 Å². The number of carboxylic acids is 1.